The Balaban J connectivity index is 2.44. The summed E-state index contributed by atoms with van der Waals surface area (Å²) in [4.78, 5) is 2.12. The van der Waals surface area contributed by atoms with Crippen LogP contribution in [0.3, 0.4) is 0 Å². The van der Waals surface area contributed by atoms with Gasteiger partial charge in [-0.1, -0.05) is 21.5 Å². The minimum atomic E-state index is -0.237. The zero-order chi connectivity index (χ0) is 8.27. The second-order valence-electron chi connectivity index (χ2n) is 2.90. The fraction of sp³-hybridized carbons (Fsp3) is 0.750. The van der Waals surface area contributed by atoms with Crippen molar-refractivity contribution in [1.29, 1.82) is 0 Å². The number of hydrogen-bond acceptors (Lipinski definition) is 1. The number of hydrogen-bond donors (Lipinski definition) is 0. The number of alkyl halides is 1. The second kappa shape index (κ2) is 4.21. The Morgan fingerprint density at radius 1 is 1.64 bits per heavy atom. The number of nitrogens with zero attached hydrogens (tertiary/aromatic N) is 1. The minimum Gasteiger partial charge on any atom is -0.296 e. The average Bonchev–Trinajstić information content (AvgIpc) is 1.98. The van der Waals surface area contributed by atoms with Crippen molar-refractivity contribution >= 4 is 15.9 Å². The molecule has 1 rings (SSSR count). The van der Waals surface area contributed by atoms with Gasteiger partial charge in [0.25, 0.3) is 0 Å². The minimum absolute atomic E-state index is 0.237. The topological polar surface area (TPSA) is 3.24 Å². The lowest BCUT2D eigenvalue weighted by Gasteiger charge is -2.26. The molecule has 0 bridgehead atoms. The van der Waals surface area contributed by atoms with E-state index in [-0.39, 0.29) is 6.67 Å². The number of halogens is 2. The van der Waals surface area contributed by atoms with Gasteiger partial charge in [-0.3, -0.25) is 4.90 Å². The molecular weight excluding hydrogens is 209 g/mol. The van der Waals surface area contributed by atoms with Crippen molar-refractivity contribution in [3.8, 4) is 0 Å². The Bertz CT molecular complexity index is 167. The van der Waals surface area contributed by atoms with Crippen LogP contribution in [0.15, 0.2) is 10.1 Å². The summed E-state index contributed by atoms with van der Waals surface area (Å²) in [5, 5.41) is 0. The molecule has 0 N–H and O–H groups in total. The van der Waals surface area contributed by atoms with Crippen LogP contribution >= 0.6 is 15.9 Å². The lowest BCUT2D eigenvalue weighted by atomic mass is 10.1. The monoisotopic (exact) mass is 221 g/mol. The van der Waals surface area contributed by atoms with Gasteiger partial charge in [0.2, 0.25) is 0 Å². The summed E-state index contributed by atoms with van der Waals surface area (Å²) in [5.74, 6) is 0. The van der Waals surface area contributed by atoms with Gasteiger partial charge in [-0.15, -0.1) is 0 Å². The van der Waals surface area contributed by atoms with Gasteiger partial charge >= 0.3 is 0 Å². The molecule has 64 valence electrons. The summed E-state index contributed by atoms with van der Waals surface area (Å²) in [6.07, 6.45) is 1.07. The van der Waals surface area contributed by atoms with Gasteiger partial charge in [-0.25, -0.2) is 4.39 Å². The SMILES string of the molecule is CC1=C(Br)CN(CCF)CC1. The molecule has 0 saturated carbocycles. The molecule has 1 aliphatic heterocycles. The fourth-order valence-corrected chi connectivity index (χ4v) is 1.74. The molecule has 0 aromatic heterocycles. The van der Waals surface area contributed by atoms with Crippen LogP contribution in [-0.2, 0) is 0 Å². The first-order valence-corrected chi connectivity index (χ1v) is 4.66. The largest absolute Gasteiger partial charge is 0.296 e. The van der Waals surface area contributed by atoms with Gasteiger partial charge in [0, 0.05) is 24.1 Å². The third-order valence-electron chi connectivity index (χ3n) is 2.03. The van der Waals surface area contributed by atoms with Crippen molar-refractivity contribution in [2.24, 2.45) is 0 Å². The van der Waals surface area contributed by atoms with E-state index in [4.69, 9.17) is 0 Å². The molecule has 11 heavy (non-hydrogen) atoms. The summed E-state index contributed by atoms with van der Waals surface area (Å²) in [7, 11) is 0. The molecule has 1 nitrogen and oxygen atoms in total. The van der Waals surface area contributed by atoms with Crippen LogP contribution in [0, 0.1) is 0 Å². The van der Waals surface area contributed by atoms with Crippen LogP contribution < -0.4 is 0 Å². The number of rotatable bonds is 2. The molecule has 1 aliphatic rings. The van der Waals surface area contributed by atoms with Crippen molar-refractivity contribution in [3.05, 3.63) is 10.1 Å². The van der Waals surface area contributed by atoms with E-state index in [1.807, 2.05) is 0 Å². The van der Waals surface area contributed by atoms with Crippen LogP contribution in [0.25, 0.3) is 0 Å². The van der Waals surface area contributed by atoms with E-state index < -0.39 is 0 Å². The third kappa shape index (κ3) is 2.56. The Morgan fingerprint density at radius 3 is 2.91 bits per heavy atom. The molecule has 0 aromatic rings. The lowest BCUT2D eigenvalue weighted by molar-refractivity contribution is 0.262. The van der Waals surface area contributed by atoms with Crippen molar-refractivity contribution < 1.29 is 4.39 Å². The summed E-state index contributed by atoms with van der Waals surface area (Å²) in [6.45, 7) is 4.35. The van der Waals surface area contributed by atoms with Crippen molar-refractivity contribution in [1.82, 2.24) is 4.90 Å². The van der Waals surface area contributed by atoms with Crippen LogP contribution in [0.5, 0.6) is 0 Å². The predicted molar refractivity (Wildman–Crippen MR) is 48.7 cm³/mol. The van der Waals surface area contributed by atoms with Gasteiger partial charge in [-0.2, -0.15) is 0 Å². The van der Waals surface area contributed by atoms with Crippen molar-refractivity contribution in [2.75, 3.05) is 26.3 Å². The van der Waals surface area contributed by atoms with Gasteiger partial charge in [0.05, 0.1) is 0 Å². The van der Waals surface area contributed by atoms with Crippen molar-refractivity contribution in [3.63, 3.8) is 0 Å². The molecule has 0 amide bonds. The fourth-order valence-electron chi connectivity index (χ4n) is 1.18. The molecular formula is C8H13BrFN. The van der Waals surface area contributed by atoms with E-state index >= 15 is 0 Å². The van der Waals surface area contributed by atoms with Gasteiger partial charge < -0.3 is 0 Å². The van der Waals surface area contributed by atoms with E-state index in [1.165, 1.54) is 10.1 Å². The standard InChI is InChI=1S/C8H13BrFN/c1-7-2-4-11(5-3-10)6-8(7)9/h2-6H2,1H3. The molecule has 0 fully saturated rings. The predicted octanol–water partition coefficient (Wildman–Crippen LogP) is 2.33. The Hall–Kier alpha value is 0.110. The maximum Gasteiger partial charge on any atom is 0.102 e. The molecule has 1 heterocycles. The molecule has 0 aromatic carbocycles. The first-order valence-electron chi connectivity index (χ1n) is 3.86. The quantitative estimate of drug-likeness (QED) is 0.693. The normalized spacial score (nSPS) is 21.0. The van der Waals surface area contributed by atoms with Gasteiger partial charge in [-0.05, 0) is 13.3 Å². The van der Waals surface area contributed by atoms with E-state index in [2.05, 4.69) is 27.8 Å². The molecule has 0 saturated heterocycles. The first kappa shape index (κ1) is 9.20. The molecule has 0 radical (unpaired) electrons. The molecule has 0 unspecified atom stereocenters. The van der Waals surface area contributed by atoms with Crippen LogP contribution in [-0.4, -0.2) is 31.2 Å². The zero-order valence-corrected chi connectivity index (χ0v) is 8.32. The van der Waals surface area contributed by atoms with Gasteiger partial charge in [0.15, 0.2) is 0 Å². The van der Waals surface area contributed by atoms with E-state index in [0.717, 1.165) is 19.5 Å². The Labute approximate surface area is 75.4 Å². The second-order valence-corrected chi connectivity index (χ2v) is 3.86. The summed E-state index contributed by atoms with van der Waals surface area (Å²) in [5.41, 5.74) is 1.40. The zero-order valence-electron chi connectivity index (χ0n) is 6.74. The molecule has 0 aliphatic carbocycles. The van der Waals surface area contributed by atoms with Crippen LogP contribution in [0.2, 0.25) is 0 Å². The van der Waals surface area contributed by atoms with Crippen LogP contribution in [0.4, 0.5) is 4.39 Å². The molecule has 0 atom stereocenters. The summed E-state index contributed by atoms with van der Waals surface area (Å²) >= 11 is 3.48. The Morgan fingerprint density at radius 2 is 2.36 bits per heavy atom. The highest BCUT2D eigenvalue weighted by Gasteiger charge is 2.13. The third-order valence-corrected chi connectivity index (χ3v) is 2.96. The maximum atomic E-state index is 11.9. The first-order chi connectivity index (χ1) is 5.24. The Kier molecular flexibility index (Phi) is 3.52. The highest BCUT2D eigenvalue weighted by molar-refractivity contribution is 9.11. The van der Waals surface area contributed by atoms with E-state index in [9.17, 15) is 4.39 Å². The van der Waals surface area contributed by atoms with Crippen molar-refractivity contribution in [2.45, 2.75) is 13.3 Å². The smallest absolute Gasteiger partial charge is 0.102 e. The highest BCUT2D eigenvalue weighted by Crippen LogP contribution is 2.21. The highest BCUT2D eigenvalue weighted by atomic mass is 79.9. The van der Waals surface area contributed by atoms with Crippen LogP contribution in [0.1, 0.15) is 13.3 Å². The summed E-state index contributed by atoms with van der Waals surface area (Å²) < 4.78 is 13.2. The summed E-state index contributed by atoms with van der Waals surface area (Å²) in [6, 6.07) is 0. The molecule has 3 heteroatoms. The average molecular weight is 222 g/mol. The lowest BCUT2D eigenvalue weighted by Crippen LogP contribution is -2.31. The molecule has 0 spiro atoms. The van der Waals surface area contributed by atoms with Gasteiger partial charge in [0.1, 0.15) is 6.67 Å². The maximum absolute atomic E-state index is 11.9. The van der Waals surface area contributed by atoms with E-state index in [1.54, 1.807) is 0 Å². The van der Waals surface area contributed by atoms with E-state index in [0.29, 0.717) is 6.54 Å².